The third-order valence-electron chi connectivity index (χ3n) is 2.54. The first-order chi connectivity index (χ1) is 6.77. The SMILES string of the molecule is Nc1cccnc1N1CCC(F)CC1. The lowest BCUT2D eigenvalue weighted by Gasteiger charge is -2.30. The fourth-order valence-electron chi connectivity index (χ4n) is 1.73. The number of hydrogen-bond donors (Lipinski definition) is 1. The summed E-state index contributed by atoms with van der Waals surface area (Å²) in [5.74, 6) is 0.791. The highest BCUT2D eigenvalue weighted by atomic mass is 19.1. The maximum atomic E-state index is 12.9. The number of alkyl halides is 1. The van der Waals surface area contributed by atoms with Crippen molar-refractivity contribution in [3.8, 4) is 0 Å². The Bertz CT molecular complexity index is 308. The molecule has 1 aromatic heterocycles. The van der Waals surface area contributed by atoms with Gasteiger partial charge in [-0.25, -0.2) is 9.37 Å². The highest BCUT2D eigenvalue weighted by Crippen LogP contribution is 2.23. The van der Waals surface area contributed by atoms with Crippen LogP contribution in [0.3, 0.4) is 0 Å². The van der Waals surface area contributed by atoms with Crippen molar-refractivity contribution in [2.75, 3.05) is 23.7 Å². The molecule has 0 saturated carbocycles. The first-order valence-corrected chi connectivity index (χ1v) is 4.87. The number of piperidine rings is 1. The molecular formula is C10H14FN3. The van der Waals surface area contributed by atoms with Gasteiger partial charge in [-0.15, -0.1) is 0 Å². The molecule has 1 saturated heterocycles. The van der Waals surface area contributed by atoms with E-state index >= 15 is 0 Å². The molecule has 3 nitrogen and oxygen atoms in total. The average molecular weight is 195 g/mol. The maximum Gasteiger partial charge on any atom is 0.151 e. The van der Waals surface area contributed by atoms with Gasteiger partial charge in [0, 0.05) is 19.3 Å². The Morgan fingerprint density at radius 2 is 2.14 bits per heavy atom. The van der Waals surface area contributed by atoms with Gasteiger partial charge in [0.15, 0.2) is 5.82 Å². The van der Waals surface area contributed by atoms with E-state index in [4.69, 9.17) is 5.73 Å². The third kappa shape index (κ3) is 1.78. The fraction of sp³-hybridized carbons (Fsp3) is 0.500. The first-order valence-electron chi connectivity index (χ1n) is 4.87. The van der Waals surface area contributed by atoms with Crippen LogP contribution in [0.15, 0.2) is 18.3 Å². The van der Waals surface area contributed by atoms with Crippen molar-refractivity contribution >= 4 is 11.5 Å². The predicted molar refractivity (Wildman–Crippen MR) is 55.0 cm³/mol. The molecule has 0 bridgehead atoms. The summed E-state index contributed by atoms with van der Waals surface area (Å²) in [5.41, 5.74) is 6.46. The second-order valence-electron chi connectivity index (χ2n) is 3.58. The molecule has 14 heavy (non-hydrogen) atoms. The minimum Gasteiger partial charge on any atom is -0.396 e. The van der Waals surface area contributed by atoms with E-state index in [9.17, 15) is 4.39 Å². The molecule has 0 aromatic carbocycles. The molecule has 2 heterocycles. The Morgan fingerprint density at radius 3 is 2.79 bits per heavy atom. The molecule has 0 radical (unpaired) electrons. The van der Waals surface area contributed by atoms with E-state index in [2.05, 4.69) is 4.98 Å². The van der Waals surface area contributed by atoms with Crippen LogP contribution in [0.1, 0.15) is 12.8 Å². The van der Waals surface area contributed by atoms with E-state index in [1.54, 1.807) is 12.3 Å². The van der Waals surface area contributed by atoms with Crippen LogP contribution in [0.2, 0.25) is 0 Å². The molecule has 2 rings (SSSR count). The summed E-state index contributed by atoms with van der Waals surface area (Å²) in [6.07, 6.45) is 2.22. The van der Waals surface area contributed by atoms with E-state index in [0.29, 0.717) is 31.6 Å². The Morgan fingerprint density at radius 1 is 1.43 bits per heavy atom. The van der Waals surface area contributed by atoms with E-state index in [-0.39, 0.29) is 0 Å². The maximum absolute atomic E-state index is 12.9. The van der Waals surface area contributed by atoms with Crippen molar-refractivity contribution in [3.05, 3.63) is 18.3 Å². The first kappa shape index (κ1) is 9.24. The van der Waals surface area contributed by atoms with Gasteiger partial charge >= 0.3 is 0 Å². The Hall–Kier alpha value is -1.32. The third-order valence-corrected chi connectivity index (χ3v) is 2.54. The Balaban J connectivity index is 2.12. The molecule has 1 aliphatic rings. The smallest absolute Gasteiger partial charge is 0.151 e. The molecule has 0 aliphatic carbocycles. The van der Waals surface area contributed by atoms with Crippen molar-refractivity contribution in [2.45, 2.75) is 19.0 Å². The van der Waals surface area contributed by atoms with Gasteiger partial charge in [0.1, 0.15) is 6.17 Å². The minimum atomic E-state index is -0.656. The van der Waals surface area contributed by atoms with Crippen LogP contribution in [0.25, 0.3) is 0 Å². The number of pyridine rings is 1. The second kappa shape index (κ2) is 3.82. The number of halogens is 1. The summed E-state index contributed by atoms with van der Waals surface area (Å²) in [4.78, 5) is 6.25. The van der Waals surface area contributed by atoms with Crippen molar-refractivity contribution in [1.29, 1.82) is 0 Å². The largest absolute Gasteiger partial charge is 0.396 e. The normalized spacial score (nSPS) is 18.5. The molecule has 1 aliphatic heterocycles. The summed E-state index contributed by atoms with van der Waals surface area (Å²) in [6, 6.07) is 3.63. The average Bonchev–Trinajstić information content (AvgIpc) is 2.20. The second-order valence-corrected chi connectivity index (χ2v) is 3.58. The summed E-state index contributed by atoms with van der Waals surface area (Å²) in [6.45, 7) is 1.42. The summed E-state index contributed by atoms with van der Waals surface area (Å²) < 4.78 is 12.9. The monoisotopic (exact) mass is 195 g/mol. The molecule has 76 valence electrons. The lowest BCUT2D eigenvalue weighted by molar-refractivity contribution is 0.277. The van der Waals surface area contributed by atoms with E-state index < -0.39 is 6.17 Å². The van der Waals surface area contributed by atoms with Gasteiger partial charge in [-0.3, -0.25) is 0 Å². The van der Waals surface area contributed by atoms with Gasteiger partial charge in [-0.1, -0.05) is 0 Å². The molecule has 0 amide bonds. The number of hydrogen-bond acceptors (Lipinski definition) is 3. The standard InChI is InChI=1S/C10H14FN3/c11-8-3-6-14(7-4-8)10-9(12)2-1-5-13-10/h1-2,5,8H,3-4,6-7,12H2. The highest BCUT2D eigenvalue weighted by molar-refractivity contribution is 5.62. The molecule has 0 spiro atoms. The zero-order valence-electron chi connectivity index (χ0n) is 7.99. The van der Waals surface area contributed by atoms with Gasteiger partial charge in [0.25, 0.3) is 0 Å². The summed E-state index contributed by atoms with van der Waals surface area (Å²) >= 11 is 0. The Labute approximate surface area is 82.7 Å². The van der Waals surface area contributed by atoms with Gasteiger partial charge in [-0.2, -0.15) is 0 Å². The van der Waals surface area contributed by atoms with Crippen LogP contribution in [-0.4, -0.2) is 24.2 Å². The van der Waals surface area contributed by atoms with Gasteiger partial charge < -0.3 is 10.6 Å². The zero-order chi connectivity index (χ0) is 9.97. The van der Waals surface area contributed by atoms with Crippen LogP contribution >= 0.6 is 0 Å². The molecular weight excluding hydrogens is 181 g/mol. The van der Waals surface area contributed by atoms with E-state index in [1.165, 1.54) is 0 Å². The number of anilines is 2. The molecule has 0 unspecified atom stereocenters. The van der Waals surface area contributed by atoms with Crippen molar-refractivity contribution in [2.24, 2.45) is 0 Å². The lowest BCUT2D eigenvalue weighted by atomic mass is 10.1. The lowest BCUT2D eigenvalue weighted by Crippen LogP contribution is -2.35. The minimum absolute atomic E-state index is 0.579. The van der Waals surface area contributed by atoms with Crippen LogP contribution in [0, 0.1) is 0 Å². The van der Waals surface area contributed by atoms with Crippen molar-refractivity contribution < 1.29 is 4.39 Å². The number of nitrogens with two attached hydrogens (primary N) is 1. The summed E-state index contributed by atoms with van der Waals surface area (Å²) in [5, 5.41) is 0. The van der Waals surface area contributed by atoms with Crippen LogP contribution < -0.4 is 10.6 Å². The van der Waals surface area contributed by atoms with E-state index in [0.717, 1.165) is 5.82 Å². The molecule has 1 fully saturated rings. The van der Waals surface area contributed by atoms with Crippen LogP contribution in [0.5, 0.6) is 0 Å². The van der Waals surface area contributed by atoms with Crippen molar-refractivity contribution in [3.63, 3.8) is 0 Å². The zero-order valence-corrected chi connectivity index (χ0v) is 7.99. The number of rotatable bonds is 1. The number of aromatic nitrogens is 1. The van der Waals surface area contributed by atoms with E-state index in [1.807, 2.05) is 11.0 Å². The van der Waals surface area contributed by atoms with Gasteiger partial charge in [0.2, 0.25) is 0 Å². The van der Waals surface area contributed by atoms with Gasteiger partial charge in [-0.05, 0) is 25.0 Å². The van der Waals surface area contributed by atoms with Crippen LogP contribution in [-0.2, 0) is 0 Å². The molecule has 1 aromatic rings. The topological polar surface area (TPSA) is 42.1 Å². The molecule has 2 N–H and O–H groups in total. The molecule has 0 atom stereocenters. The Kier molecular flexibility index (Phi) is 2.52. The van der Waals surface area contributed by atoms with Gasteiger partial charge in [0.05, 0.1) is 5.69 Å². The number of nitrogens with zero attached hydrogens (tertiary/aromatic N) is 2. The number of nitrogen functional groups attached to an aromatic ring is 1. The van der Waals surface area contributed by atoms with Crippen LogP contribution in [0.4, 0.5) is 15.9 Å². The quantitative estimate of drug-likeness (QED) is 0.740. The fourth-order valence-corrected chi connectivity index (χ4v) is 1.73. The van der Waals surface area contributed by atoms with Crippen molar-refractivity contribution in [1.82, 2.24) is 4.98 Å². The summed E-state index contributed by atoms with van der Waals surface area (Å²) in [7, 11) is 0. The highest BCUT2D eigenvalue weighted by Gasteiger charge is 2.20. The molecule has 4 heteroatoms. The predicted octanol–water partition coefficient (Wildman–Crippen LogP) is 1.60.